The molecular formula is C14H12N2O5. The van der Waals surface area contributed by atoms with Crippen molar-refractivity contribution in [2.45, 2.75) is 12.2 Å². The largest absolute Gasteiger partial charge is 0.369 e. The van der Waals surface area contributed by atoms with Crippen LogP contribution >= 0.6 is 0 Å². The Kier molecular flexibility index (Phi) is 1.50. The highest BCUT2D eigenvalue weighted by Gasteiger charge is 2.81. The van der Waals surface area contributed by atoms with Crippen molar-refractivity contribution in [1.29, 1.82) is 0 Å². The first-order chi connectivity index (χ1) is 10.1. The minimum Gasteiger partial charge on any atom is -0.369 e. The Morgan fingerprint density at radius 2 is 0.905 bits per heavy atom. The van der Waals surface area contributed by atoms with Crippen LogP contribution in [0.4, 0.5) is 0 Å². The van der Waals surface area contributed by atoms with Crippen molar-refractivity contribution in [3.63, 3.8) is 0 Å². The highest BCUT2D eigenvalue weighted by Crippen LogP contribution is 2.72. The number of fused-ring (bicyclic) bond motifs is 1. The molecule has 0 radical (unpaired) electrons. The highest BCUT2D eigenvalue weighted by molar-refractivity contribution is 6.09. The molecule has 4 saturated carbocycles. The molecule has 0 spiro atoms. The third-order valence-electron chi connectivity index (χ3n) is 6.79. The second-order valence-corrected chi connectivity index (χ2v) is 7.18. The number of carbonyl (C=O) groups excluding carboxylic acids is 4. The maximum Gasteiger partial charge on any atom is 0.230 e. The van der Waals surface area contributed by atoms with Crippen LogP contribution in [0.1, 0.15) is 0 Å². The van der Waals surface area contributed by atoms with Crippen LogP contribution in [0.15, 0.2) is 0 Å². The van der Waals surface area contributed by atoms with Gasteiger partial charge in [-0.1, -0.05) is 0 Å². The number of imide groups is 2. The van der Waals surface area contributed by atoms with Crippen molar-refractivity contribution in [2.24, 2.45) is 47.3 Å². The van der Waals surface area contributed by atoms with Crippen LogP contribution in [-0.2, 0) is 23.9 Å². The monoisotopic (exact) mass is 288 g/mol. The summed E-state index contributed by atoms with van der Waals surface area (Å²) in [5.74, 6) is -2.35. The summed E-state index contributed by atoms with van der Waals surface area (Å²) in [6, 6.07) is 0. The van der Waals surface area contributed by atoms with Crippen LogP contribution in [0, 0.1) is 47.3 Å². The Balaban J connectivity index is 1.52. The number of ether oxygens (including phenoxy) is 1. The van der Waals surface area contributed by atoms with Gasteiger partial charge in [0, 0.05) is 11.8 Å². The fourth-order valence-corrected chi connectivity index (χ4v) is 6.29. The number of hydrogen-bond acceptors (Lipinski definition) is 5. The van der Waals surface area contributed by atoms with E-state index < -0.39 is 0 Å². The highest BCUT2D eigenvalue weighted by atomic mass is 16.6. The van der Waals surface area contributed by atoms with Crippen molar-refractivity contribution in [1.82, 2.24) is 10.6 Å². The molecule has 2 N–H and O–H groups in total. The van der Waals surface area contributed by atoms with E-state index in [-0.39, 0.29) is 83.2 Å². The summed E-state index contributed by atoms with van der Waals surface area (Å²) in [4.78, 5) is 48.3. The van der Waals surface area contributed by atoms with Gasteiger partial charge in [-0.2, -0.15) is 0 Å². The van der Waals surface area contributed by atoms with Gasteiger partial charge in [-0.05, 0) is 11.8 Å². The molecule has 7 aliphatic rings. The summed E-state index contributed by atoms with van der Waals surface area (Å²) in [5, 5.41) is 4.86. The van der Waals surface area contributed by atoms with Crippen molar-refractivity contribution in [3.05, 3.63) is 0 Å². The zero-order valence-electron chi connectivity index (χ0n) is 10.8. The van der Waals surface area contributed by atoms with Gasteiger partial charge in [-0.3, -0.25) is 29.8 Å². The van der Waals surface area contributed by atoms with Crippen LogP contribution in [0.2, 0.25) is 0 Å². The molecule has 108 valence electrons. The summed E-state index contributed by atoms with van der Waals surface area (Å²) >= 11 is 0. The van der Waals surface area contributed by atoms with E-state index in [4.69, 9.17) is 4.74 Å². The fraction of sp³-hybridized carbons (Fsp3) is 0.714. The molecule has 0 unspecified atom stereocenters. The van der Waals surface area contributed by atoms with E-state index in [9.17, 15) is 19.2 Å². The summed E-state index contributed by atoms with van der Waals surface area (Å²) < 4.78 is 5.74. The Morgan fingerprint density at radius 1 is 0.571 bits per heavy atom. The van der Waals surface area contributed by atoms with Gasteiger partial charge in [0.15, 0.2) is 0 Å². The van der Waals surface area contributed by atoms with Gasteiger partial charge in [0.25, 0.3) is 0 Å². The van der Waals surface area contributed by atoms with E-state index in [2.05, 4.69) is 10.6 Å². The molecule has 3 aliphatic heterocycles. The third kappa shape index (κ3) is 0.922. The molecule has 7 heteroatoms. The van der Waals surface area contributed by atoms with E-state index in [0.717, 1.165) is 0 Å². The molecular weight excluding hydrogens is 276 g/mol. The number of amides is 4. The lowest BCUT2D eigenvalue weighted by Crippen LogP contribution is -2.67. The van der Waals surface area contributed by atoms with Crippen molar-refractivity contribution in [3.8, 4) is 0 Å². The first kappa shape index (κ1) is 10.9. The number of epoxide rings is 1. The predicted octanol–water partition coefficient (Wildman–Crippen LogP) is -1.96. The smallest absolute Gasteiger partial charge is 0.230 e. The maximum atomic E-state index is 12.1. The summed E-state index contributed by atoms with van der Waals surface area (Å²) in [7, 11) is 0. The minimum absolute atomic E-state index is 0.00129. The van der Waals surface area contributed by atoms with E-state index in [0.29, 0.717) is 0 Å². The maximum absolute atomic E-state index is 12.1. The van der Waals surface area contributed by atoms with E-state index >= 15 is 0 Å². The number of hydrogen-bond donors (Lipinski definition) is 2. The minimum atomic E-state index is -0.364. The first-order valence-electron chi connectivity index (χ1n) is 7.44. The standard InChI is InChI=1S/C14H12N2O5/c17-11-5-1-2(6(5)12(18)15-11)4-8-7(13(19)16-14(8)20)3(1)9-10(4)21-9/h1-10H,(H,15,17,18)(H,16,19,20)/t1-,2-,3-,4-,5-,6-,7-,8-,9-,10-/m1/s1. The van der Waals surface area contributed by atoms with Gasteiger partial charge >= 0.3 is 0 Å². The third-order valence-corrected chi connectivity index (χ3v) is 6.79. The Morgan fingerprint density at radius 3 is 1.29 bits per heavy atom. The topological polar surface area (TPSA) is 105 Å². The molecule has 21 heavy (non-hydrogen) atoms. The molecule has 7 fully saturated rings. The Bertz CT molecular complexity index is 620. The van der Waals surface area contributed by atoms with Crippen molar-refractivity contribution < 1.29 is 23.9 Å². The Hall–Kier alpha value is -1.76. The lowest BCUT2D eigenvalue weighted by Gasteiger charge is -2.61. The lowest BCUT2D eigenvalue weighted by molar-refractivity contribution is -0.182. The quantitative estimate of drug-likeness (QED) is 0.398. The summed E-state index contributed by atoms with van der Waals surface area (Å²) in [6.07, 6.45) is -0.00259. The van der Waals surface area contributed by atoms with Gasteiger partial charge in [0.05, 0.1) is 35.9 Å². The van der Waals surface area contributed by atoms with Gasteiger partial charge in [0.1, 0.15) is 0 Å². The second-order valence-electron chi connectivity index (χ2n) is 7.18. The van der Waals surface area contributed by atoms with Crippen LogP contribution in [-0.4, -0.2) is 35.8 Å². The molecule has 10 atom stereocenters. The van der Waals surface area contributed by atoms with Gasteiger partial charge < -0.3 is 4.74 Å². The van der Waals surface area contributed by atoms with E-state index in [1.54, 1.807) is 0 Å². The second kappa shape index (κ2) is 2.90. The number of carbonyl (C=O) groups is 4. The number of nitrogens with one attached hydrogen (secondary N) is 2. The SMILES string of the molecule is O=C1NC(=O)[C@H]2[C@H]1[C@@H]1[C@@H]2[C@H]2[C@H]3O[C@@H]3[C@H]1[C@H]1C(=O)NC(=O)[C@@H]12. The first-order valence-corrected chi connectivity index (χ1v) is 7.44. The lowest BCUT2D eigenvalue weighted by atomic mass is 9.38. The zero-order valence-corrected chi connectivity index (χ0v) is 10.8. The molecule has 0 aromatic rings. The molecule has 7 rings (SSSR count). The van der Waals surface area contributed by atoms with Crippen LogP contribution < -0.4 is 10.6 Å². The van der Waals surface area contributed by atoms with E-state index in [1.165, 1.54) is 0 Å². The number of rotatable bonds is 0. The molecule has 3 saturated heterocycles. The Labute approximate surface area is 118 Å². The summed E-state index contributed by atoms with van der Waals surface area (Å²) in [6.45, 7) is 0. The molecule has 2 bridgehead atoms. The van der Waals surface area contributed by atoms with Crippen molar-refractivity contribution >= 4 is 23.6 Å². The van der Waals surface area contributed by atoms with Crippen molar-refractivity contribution in [2.75, 3.05) is 0 Å². The molecule has 4 aliphatic carbocycles. The van der Waals surface area contributed by atoms with Gasteiger partial charge in [-0.25, -0.2) is 0 Å². The van der Waals surface area contributed by atoms with Gasteiger partial charge in [0.2, 0.25) is 23.6 Å². The molecule has 7 nitrogen and oxygen atoms in total. The normalized spacial score (nSPS) is 61.3. The summed E-state index contributed by atoms with van der Waals surface area (Å²) in [5.41, 5.74) is 0. The van der Waals surface area contributed by atoms with E-state index in [1.807, 2.05) is 0 Å². The van der Waals surface area contributed by atoms with Crippen LogP contribution in [0.3, 0.4) is 0 Å². The fourth-order valence-electron chi connectivity index (χ4n) is 6.29. The average molecular weight is 288 g/mol. The molecule has 0 aromatic carbocycles. The molecule has 3 heterocycles. The van der Waals surface area contributed by atoms with Crippen LogP contribution in [0.5, 0.6) is 0 Å². The zero-order chi connectivity index (χ0) is 14.2. The molecule has 4 amide bonds. The average Bonchev–Trinajstić information content (AvgIpc) is 3.07. The van der Waals surface area contributed by atoms with Crippen LogP contribution in [0.25, 0.3) is 0 Å². The predicted molar refractivity (Wildman–Crippen MR) is 62.9 cm³/mol. The molecule has 0 aromatic heterocycles. The van der Waals surface area contributed by atoms with Gasteiger partial charge in [-0.15, -0.1) is 0 Å².